The van der Waals surface area contributed by atoms with Gasteiger partial charge in [-0.3, -0.25) is 15.0 Å². The second-order valence-corrected chi connectivity index (χ2v) is 4.99. The molecule has 1 heterocycles. The first-order valence-electron chi connectivity index (χ1n) is 6.99. The molecule has 1 saturated heterocycles. The first-order valence-corrected chi connectivity index (χ1v) is 6.99. The first-order chi connectivity index (χ1) is 9.11. The Bertz CT molecular complexity index is 291. The van der Waals surface area contributed by atoms with Gasteiger partial charge in [0.15, 0.2) is 0 Å². The minimum absolute atomic E-state index is 0.208. The summed E-state index contributed by atoms with van der Waals surface area (Å²) in [6.45, 7) is 4.28. The van der Waals surface area contributed by atoms with Gasteiger partial charge in [0.05, 0.1) is 12.6 Å². The van der Waals surface area contributed by atoms with Crippen molar-refractivity contribution in [3.05, 3.63) is 0 Å². The van der Waals surface area contributed by atoms with Crippen LogP contribution >= 0.6 is 0 Å². The van der Waals surface area contributed by atoms with E-state index in [0.717, 1.165) is 32.4 Å². The summed E-state index contributed by atoms with van der Waals surface area (Å²) in [4.78, 5) is 24.8. The summed E-state index contributed by atoms with van der Waals surface area (Å²) in [5.74, 6) is -0.285. The van der Waals surface area contributed by atoms with Crippen LogP contribution in [0.5, 0.6) is 0 Å². The van der Waals surface area contributed by atoms with Gasteiger partial charge in [0.1, 0.15) is 0 Å². The van der Waals surface area contributed by atoms with Gasteiger partial charge in [-0.1, -0.05) is 6.92 Å². The number of rotatable bonds is 6. The highest BCUT2D eigenvalue weighted by molar-refractivity contribution is 5.95. The van der Waals surface area contributed by atoms with Crippen LogP contribution in [0.15, 0.2) is 0 Å². The molecular weight excluding hydrogens is 246 g/mol. The molecule has 0 aromatic rings. The predicted octanol–water partition coefficient (Wildman–Crippen LogP) is 0.723. The Morgan fingerprint density at radius 2 is 2.16 bits per heavy atom. The minimum Gasteiger partial charge on any atom is -0.377 e. The van der Waals surface area contributed by atoms with Gasteiger partial charge >= 0.3 is 6.03 Å². The number of carbonyl (C=O) groups excluding carboxylic acids is 2. The van der Waals surface area contributed by atoms with E-state index in [2.05, 4.69) is 10.6 Å². The molecule has 2 N–H and O–H groups in total. The van der Waals surface area contributed by atoms with Crippen LogP contribution in [-0.2, 0) is 9.53 Å². The molecule has 0 saturated carbocycles. The Morgan fingerprint density at radius 3 is 2.79 bits per heavy atom. The van der Waals surface area contributed by atoms with Crippen molar-refractivity contribution in [2.45, 2.75) is 38.7 Å². The monoisotopic (exact) mass is 271 g/mol. The fourth-order valence-electron chi connectivity index (χ4n) is 2.06. The van der Waals surface area contributed by atoms with Crippen molar-refractivity contribution < 1.29 is 14.3 Å². The third kappa shape index (κ3) is 7.12. The summed E-state index contributed by atoms with van der Waals surface area (Å²) in [6.07, 6.45) is 4.41. The highest BCUT2D eigenvalue weighted by atomic mass is 16.5. The van der Waals surface area contributed by atoms with Crippen LogP contribution in [0, 0.1) is 0 Å². The van der Waals surface area contributed by atoms with Gasteiger partial charge in [-0.05, 0) is 32.7 Å². The van der Waals surface area contributed by atoms with Crippen molar-refractivity contribution in [3.63, 3.8) is 0 Å². The highest BCUT2D eigenvalue weighted by Gasteiger charge is 2.17. The number of nitrogens with zero attached hydrogens (tertiary/aromatic N) is 1. The van der Waals surface area contributed by atoms with Crippen molar-refractivity contribution in [2.24, 2.45) is 0 Å². The Hall–Kier alpha value is -1.14. The van der Waals surface area contributed by atoms with Crippen molar-refractivity contribution in [1.82, 2.24) is 15.5 Å². The van der Waals surface area contributed by atoms with E-state index in [1.165, 1.54) is 6.42 Å². The van der Waals surface area contributed by atoms with Gasteiger partial charge in [0, 0.05) is 19.7 Å². The van der Waals surface area contributed by atoms with Crippen LogP contribution in [0.1, 0.15) is 32.6 Å². The van der Waals surface area contributed by atoms with Gasteiger partial charge in [-0.25, -0.2) is 4.79 Å². The van der Waals surface area contributed by atoms with Crippen LogP contribution < -0.4 is 10.6 Å². The average Bonchev–Trinajstić information content (AvgIpc) is 2.37. The van der Waals surface area contributed by atoms with Crippen LogP contribution in [-0.4, -0.2) is 56.2 Å². The lowest BCUT2D eigenvalue weighted by Crippen LogP contribution is -2.45. The largest absolute Gasteiger partial charge is 0.377 e. The number of carbonyl (C=O) groups is 2. The number of nitrogens with one attached hydrogen (secondary N) is 2. The number of hydrogen-bond donors (Lipinski definition) is 2. The molecule has 1 aliphatic heterocycles. The maximum absolute atomic E-state index is 11.6. The fourth-order valence-corrected chi connectivity index (χ4v) is 2.06. The summed E-state index contributed by atoms with van der Waals surface area (Å²) in [7, 11) is 1.86. The molecule has 1 rings (SSSR count). The molecular formula is C13H25N3O3. The quantitative estimate of drug-likeness (QED) is 0.747. The van der Waals surface area contributed by atoms with Crippen LogP contribution in [0.2, 0.25) is 0 Å². The second kappa shape index (κ2) is 8.87. The molecule has 0 radical (unpaired) electrons. The lowest BCUT2D eigenvalue weighted by molar-refractivity contribution is -0.121. The molecule has 6 nitrogen and oxygen atoms in total. The molecule has 6 heteroatoms. The van der Waals surface area contributed by atoms with Gasteiger partial charge in [0.25, 0.3) is 0 Å². The van der Waals surface area contributed by atoms with E-state index in [1.807, 2.05) is 18.9 Å². The number of likely N-dealkylation sites (N-methyl/N-ethyl adjacent to an activating group) is 1. The van der Waals surface area contributed by atoms with E-state index >= 15 is 0 Å². The maximum atomic E-state index is 11.6. The summed E-state index contributed by atoms with van der Waals surface area (Å²) in [6, 6.07) is -0.422. The minimum atomic E-state index is -0.422. The van der Waals surface area contributed by atoms with E-state index in [9.17, 15) is 9.59 Å². The fraction of sp³-hybridized carbons (Fsp3) is 0.846. The Kier molecular flexibility index (Phi) is 7.43. The van der Waals surface area contributed by atoms with Gasteiger partial charge in [-0.2, -0.15) is 0 Å². The van der Waals surface area contributed by atoms with Crippen LogP contribution in [0.3, 0.4) is 0 Å². The number of hydrogen-bond acceptors (Lipinski definition) is 4. The van der Waals surface area contributed by atoms with E-state index in [0.29, 0.717) is 6.54 Å². The number of ether oxygens (including phenoxy) is 1. The Balaban J connectivity index is 2.17. The average molecular weight is 271 g/mol. The maximum Gasteiger partial charge on any atom is 0.321 e. The normalized spacial score (nSPS) is 19.2. The third-order valence-corrected chi connectivity index (χ3v) is 2.99. The van der Waals surface area contributed by atoms with Gasteiger partial charge in [-0.15, -0.1) is 0 Å². The SMILES string of the molecule is CCCNC(=O)NC(=O)CN(C)CC1CCCCO1. The van der Waals surface area contributed by atoms with Crippen molar-refractivity contribution in [2.75, 3.05) is 33.3 Å². The molecule has 19 heavy (non-hydrogen) atoms. The molecule has 1 atom stereocenters. The van der Waals surface area contributed by atoms with Crippen molar-refractivity contribution >= 4 is 11.9 Å². The molecule has 110 valence electrons. The predicted molar refractivity (Wildman–Crippen MR) is 72.9 cm³/mol. The van der Waals surface area contributed by atoms with Crippen LogP contribution in [0.25, 0.3) is 0 Å². The van der Waals surface area contributed by atoms with Crippen molar-refractivity contribution in [3.8, 4) is 0 Å². The molecule has 1 unspecified atom stereocenters. The standard InChI is InChI=1S/C13H25N3O3/c1-3-7-14-13(18)15-12(17)10-16(2)9-11-6-4-5-8-19-11/h11H,3-10H2,1-2H3,(H2,14,15,17,18). The molecule has 1 fully saturated rings. The molecule has 1 aliphatic rings. The zero-order chi connectivity index (χ0) is 14.1. The number of imide groups is 1. The zero-order valence-electron chi connectivity index (χ0n) is 11.9. The third-order valence-electron chi connectivity index (χ3n) is 2.99. The number of amides is 3. The Morgan fingerprint density at radius 1 is 1.37 bits per heavy atom. The molecule has 0 bridgehead atoms. The van der Waals surface area contributed by atoms with Gasteiger partial charge < -0.3 is 10.1 Å². The second-order valence-electron chi connectivity index (χ2n) is 4.99. The molecule has 0 aromatic carbocycles. The summed E-state index contributed by atoms with van der Waals surface area (Å²) in [5.41, 5.74) is 0. The van der Waals surface area contributed by atoms with Crippen LogP contribution in [0.4, 0.5) is 4.79 Å². The molecule has 0 aliphatic carbocycles. The van der Waals surface area contributed by atoms with E-state index in [1.54, 1.807) is 0 Å². The molecule has 0 spiro atoms. The van der Waals surface area contributed by atoms with Crippen molar-refractivity contribution in [1.29, 1.82) is 0 Å². The lowest BCUT2D eigenvalue weighted by Gasteiger charge is -2.26. The Labute approximate surface area is 114 Å². The highest BCUT2D eigenvalue weighted by Crippen LogP contribution is 2.13. The summed E-state index contributed by atoms with van der Waals surface area (Å²) in [5, 5.41) is 4.92. The lowest BCUT2D eigenvalue weighted by atomic mass is 10.1. The molecule has 0 aromatic heterocycles. The summed E-state index contributed by atoms with van der Waals surface area (Å²) < 4.78 is 5.61. The number of urea groups is 1. The van der Waals surface area contributed by atoms with E-state index in [-0.39, 0.29) is 18.6 Å². The first kappa shape index (κ1) is 15.9. The van der Waals surface area contributed by atoms with E-state index in [4.69, 9.17) is 4.74 Å². The topological polar surface area (TPSA) is 70.7 Å². The zero-order valence-corrected chi connectivity index (χ0v) is 11.9. The van der Waals surface area contributed by atoms with Gasteiger partial charge in [0.2, 0.25) is 5.91 Å². The molecule has 3 amide bonds. The summed E-state index contributed by atoms with van der Waals surface area (Å²) >= 11 is 0. The van der Waals surface area contributed by atoms with E-state index < -0.39 is 6.03 Å². The smallest absolute Gasteiger partial charge is 0.321 e.